The molecule has 2 aromatic heterocycles. The lowest BCUT2D eigenvalue weighted by molar-refractivity contribution is -0.128. The first kappa shape index (κ1) is 32.2. The number of anilines is 2. The minimum Gasteiger partial charge on any atom is -0.497 e. The molecule has 43 heavy (non-hydrogen) atoms. The number of rotatable bonds is 10. The van der Waals surface area contributed by atoms with Gasteiger partial charge in [-0.1, -0.05) is 44.0 Å². The molecule has 2 aromatic carbocycles. The van der Waals surface area contributed by atoms with Crippen LogP contribution in [0.1, 0.15) is 43.8 Å². The number of ether oxygens (including phenoxy) is 2. The summed E-state index contributed by atoms with van der Waals surface area (Å²) in [7, 11) is 3.00. The van der Waals surface area contributed by atoms with Crippen LogP contribution < -0.4 is 21.1 Å². The summed E-state index contributed by atoms with van der Waals surface area (Å²) >= 11 is 14.6. The lowest BCUT2D eigenvalue weighted by atomic mass is 9.92. The van der Waals surface area contributed by atoms with Crippen molar-refractivity contribution < 1.29 is 19.1 Å². The molecule has 0 spiro atoms. The summed E-state index contributed by atoms with van der Waals surface area (Å²) in [4.78, 5) is 29.6. The van der Waals surface area contributed by atoms with Crippen LogP contribution in [-0.2, 0) is 20.7 Å². The topological polar surface area (TPSA) is 133 Å². The van der Waals surface area contributed by atoms with E-state index < -0.39 is 18.0 Å². The van der Waals surface area contributed by atoms with Gasteiger partial charge in [-0.2, -0.15) is 5.10 Å². The van der Waals surface area contributed by atoms with Gasteiger partial charge in [0.15, 0.2) is 6.10 Å². The molecule has 3 amide bonds. The van der Waals surface area contributed by atoms with Crippen molar-refractivity contribution in [2.75, 3.05) is 24.9 Å². The summed E-state index contributed by atoms with van der Waals surface area (Å²) in [5, 5.41) is 10.9. The third kappa shape index (κ3) is 7.80. The zero-order chi connectivity index (χ0) is 31.3. The number of hydrogen-bond donors (Lipinski definition) is 3. The number of nitrogens with one attached hydrogen (secondary N) is 2. The second kappa shape index (κ2) is 13.7. The quantitative estimate of drug-likeness (QED) is 0.159. The number of halogens is 2. The number of thioether (sulfide) groups is 1. The summed E-state index contributed by atoms with van der Waals surface area (Å²) in [5.74, 6) is 1.08. The molecule has 1 unspecified atom stereocenters. The van der Waals surface area contributed by atoms with Gasteiger partial charge in [0.2, 0.25) is 0 Å². The Balaban J connectivity index is 1.48. The molecule has 1 atom stereocenters. The van der Waals surface area contributed by atoms with E-state index >= 15 is 0 Å². The van der Waals surface area contributed by atoms with E-state index in [4.69, 9.17) is 43.5 Å². The van der Waals surface area contributed by atoms with Gasteiger partial charge in [-0.05, 0) is 54.1 Å². The Kier molecular flexibility index (Phi) is 10.2. The molecule has 4 rings (SSSR count). The van der Waals surface area contributed by atoms with Crippen molar-refractivity contribution >= 4 is 58.4 Å². The van der Waals surface area contributed by atoms with E-state index in [1.807, 2.05) is 57.2 Å². The van der Waals surface area contributed by atoms with E-state index in [0.29, 0.717) is 38.6 Å². The molecule has 0 fully saturated rings. The molecule has 2 heterocycles. The number of carbonyl (C=O) groups excluding carboxylic acids is 2. The minimum absolute atomic E-state index is 0.199. The smallest absolute Gasteiger partial charge is 0.324 e. The Labute approximate surface area is 264 Å². The van der Waals surface area contributed by atoms with Crippen molar-refractivity contribution in [3.05, 3.63) is 87.8 Å². The number of aromatic nitrogens is 3. The van der Waals surface area contributed by atoms with E-state index in [-0.39, 0.29) is 10.4 Å². The molecule has 13 heteroatoms. The number of nitrogens with two attached hydrogens (primary N) is 1. The van der Waals surface area contributed by atoms with Gasteiger partial charge in [-0.3, -0.25) is 15.1 Å². The van der Waals surface area contributed by atoms with Crippen molar-refractivity contribution in [2.24, 2.45) is 5.73 Å². The first-order chi connectivity index (χ1) is 20.4. The van der Waals surface area contributed by atoms with E-state index in [0.717, 1.165) is 16.9 Å². The van der Waals surface area contributed by atoms with Gasteiger partial charge in [0.1, 0.15) is 11.6 Å². The summed E-state index contributed by atoms with van der Waals surface area (Å²) < 4.78 is 12.1. The largest absolute Gasteiger partial charge is 0.497 e. The van der Waals surface area contributed by atoms with E-state index in [2.05, 4.69) is 15.6 Å². The highest BCUT2D eigenvalue weighted by Gasteiger charge is 2.23. The standard InChI is InChI=1S/C30H32Cl2N6O4S/c1-30(2,3)23-15-24(38(37-23)18-6-8-19(41-4)9-7-18)36-29(40)35-20-10-11-22(26(32)25(20)31)43-16-17-12-13-34-21(14-17)27(42-5)28(33)39/h6-15,27H,16H2,1-5H3,(H2,33,39)(H2,35,36,40). The second-order valence-electron chi connectivity index (χ2n) is 10.5. The van der Waals surface area contributed by atoms with Gasteiger partial charge in [-0.25, -0.2) is 9.48 Å². The van der Waals surface area contributed by atoms with Gasteiger partial charge in [-0.15, -0.1) is 11.8 Å². The van der Waals surface area contributed by atoms with Gasteiger partial charge in [0.05, 0.1) is 39.9 Å². The van der Waals surface area contributed by atoms with Crippen LogP contribution in [0.3, 0.4) is 0 Å². The average molecular weight is 644 g/mol. The number of nitrogens with zero attached hydrogens (tertiary/aromatic N) is 3. The van der Waals surface area contributed by atoms with Crippen LogP contribution >= 0.6 is 35.0 Å². The van der Waals surface area contributed by atoms with Crippen LogP contribution in [-0.4, -0.2) is 40.9 Å². The summed E-state index contributed by atoms with van der Waals surface area (Å²) in [6.07, 6.45) is 0.653. The monoisotopic (exact) mass is 642 g/mol. The Morgan fingerprint density at radius 1 is 1.02 bits per heavy atom. The Morgan fingerprint density at radius 2 is 1.74 bits per heavy atom. The SMILES string of the molecule is COc1ccc(-n2nc(C(C)(C)C)cc2NC(=O)Nc2ccc(SCc3ccnc(C(OC)C(N)=O)c3)c(Cl)c2Cl)cc1. The lowest BCUT2D eigenvalue weighted by Crippen LogP contribution is -2.23. The highest BCUT2D eigenvalue weighted by Crippen LogP contribution is 2.39. The van der Waals surface area contributed by atoms with Gasteiger partial charge < -0.3 is 20.5 Å². The fourth-order valence-corrected chi connectivity index (χ4v) is 5.53. The maximum absolute atomic E-state index is 13.1. The van der Waals surface area contributed by atoms with E-state index in [9.17, 15) is 9.59 Å². The van der Waals surface area contributed by atoms with Crippen molar-refractivity contribution in [2.45, 2.75) is 42.9 Å². The Morgan fingerprint density at radius 3 is 2.37 bits per heavy atom. The first-order valence-corrected chi connectivity index (χ1v) is 14.9. The van der Waals surface area contributed by atoms with E-state index in [1.54, 1.807) is 36.2 Å². The molecule has 0 aliphatic heterocycles. The molecular weight excluding hydrogens is 611 g/mol. The maximum atomic E-state index is 13.1. The zero-order valence-electron chi connectivity index (χ0n) is 24.3. The van der Waals surface area contributed by atoms with Crippen molar-refractivity contribution in [3.63, 3.8) is 0 Å². The van der Waals surface area contributed by atoms with Crippen molar-refractivity contribution in [3.8, 4) is 11.4 Å². The Hall–Kier alpha value is -3.77. The molecule has 226 valence electrons. The highest BCUT2D eigenvalue weighted by molar-refractivity contribution is 7.98. The van der Waals surface area contributed by atoms with Crippen LogP contribution in [0.25, 0.3) is 5.69 Å². The van der Waals surface area contributed by atoms with Gasteiger partial charge in [0, 0.05) is 35.4 Å². The molecule has 0 saturated heterocycles. The fraction of sp³-hybridized carbons (Fsp3) is 0.267. The molecule has 10 nitrogen and oxygen atoms in total. The minimum atomic E-state index is -0.936. The molecule has 0 radical (unpaired) electrons. The summed E-state index contributed by atoms with van der Waals surface area (Å²) in [6, 6.07) is 15.7. The highest BCUT2D eigenvalue weighted by atomic mass is 35.5. The number of pyridine rings is 1. The predicted octanol–water partition coefficient (Wildman–Crippen LogP) is 6.99. The molecule has 4 aromatic rings. The molecule has 4 N–H and O–H groups in total. The van der Waals surface area contributed by atoms with Crippen molar-refractivity contribution in [1.82, 2.24) is 14.8 Å². The third-order valence-corrected chi connectivity index (χ3v) is 8.46. The number of benzene rings is 2. The van der Waals surface area contributed by atoms with Crippen LogP contribution in [0.2, 0.25) is 10.0 Å². The fourth-order valence-electron chi connectivity index (χ4n) is 4.04. The number of primary amides is 1. The van der Waals surface area contributed by atoms with Crippen LogP contribution in [0.4, 0.5) is 16.3 Å². The molecule has 0 aliphatic carbocycles. The molecular formula is C30H32Cl2N6O4S. The normalized spacial score (nSPS) is 12.1. The van der Waals surface area contributed by atoms with Crippen LogP contribution in [0.15, 0.2) is 65.7 Å². The van der Waals surface area contributed by atoms with Crippen LogP contribution in [0, 0.1) is 0 Å². The second-order valence-corrected chi connectivity index (χ2v) is 12.3. The van der Waals surface area contributed by atoms with Gasteiger partial charge >= 0.3 is 6.03 Å². The Bertz CT molecular complexity index is 1620. The number of amides is 3. The third-order valence-electron chi connectivity index (χ3n) is 6.33. The zero-order valence-corrected chi connectivity index (χ0v) is 26.6. The summed E-state index contributed by atoms with van der Waals surface area (Å²) in [6.45, 7) is 6.14. The molecule has 0 aliphatic rings. The van der Waals surface area contributed by atoms with Crippen molar-refractivity contribution in [1.29, 1.82) is 0 Å². The van der Waals surface area contributed by atoms with Crippen LogP contribution in [0.5, 0.6) is 5.75 Å². The average Bonchev–Trinajstić information content (AvgIpc) is 3.40. The maximum Gasteiger partial charge on any atom is 0.324 e. The van der Waals surface area contributed by atoms with Gasteiger partial charge in [0.25, 0.3) is 5.91 Å². The predicted molar refractivity (Wildman–Crippen MR) is 171 cm³/mol. The molecule has 0 saturated carbocycles. The lowest BCUT2D eigenvalue weighted by Gasteiger charge is -2.14. The summed E-state index contributed by atoms with van der Waals surface area (Å²) in [5.41, 5.74) is 8.35. The number of carbonyl (C=O) groups is 2. The number of urea groups is 1. The molecule has 0 bridgehead atoms. The number of hydrogen-bond acceptors (Lipinski definition) is 7. The first-order valence-electron chi connectivity index (χ1n) is 13.1. The number of methoxy groups -OCH3 is 2. The van der Waals surface area contributed by atoms with E-state index in [1.165, 1.54) is 18.9 Å².